The Balaban J connectivity index is 3.77. The smallest absolute Gasteiger partial charge is 0.150 e. The second-order valence-electron chi connectivity index (χ2n) is 3.16. The number of nitrogens with two attached hydrogens (primary N) is 1. The predicted molar refractivity (Wildman–Crippen MR) is 50.5 cm³/mol. The van der Waals surface area contributed by atoms with Crippen molar-refractivity contribution in [2.75, 3.05) is 0 Å². The van der Waals surface area contributed by atoms with Gasteiger partial charge in [-0.25, -0.2) is 0 Å². The zero-order valence-corrected chi connectivity index (χ0v) is 8.05. The van der Waals surface area contributed by atoms with Gasteiger partial charge in [0.1, 0.15) is 0 Å². The maximum absolute atomic E-state index is 11.3. The van der Waals surface area contributed by atoms with Crippen LogP contribution in [0.5, 0.6) is 0 Å². The Morgan fingerprint density at radius 1 is 1.50 bits per heavy atom. The molecule has 0 aromatic heterocycles. The molecule has 0 aliphatic carbocycles. The van der Waals surface area contributed by atoms with Crippen LogP contribution in [0.1, 0.15) is 33.6 Å². The lowest BCUT2D eigenvalue weighted by atomic mass is 9.98. The Labute approximate surface area is 74.5 Å². The van der Waals surface area contributed by atoms with E-state index in [2.05, 4.69) is 11.8 Å². The van der Waals surface area contributed by atoms with Gasteiger partial charge in [-0.3, -0.25) is 4.79 Å². The van der Waals surface area contributed by atoms with Crippen molar-refractivity contribution in [1.29, 1.82) is 0 Å². The van der Waals surface area contributed by atoms with Crippen LogP contribution in [0.15, 0.2) is 0 Å². The highest BCUT2D eigenvalue weighted by atomic mass is 16.1. The molecular weight excluding hydrogens is 150 g/mol. The highest BCUT2D eigenvalue weighted by Crippen LogP contribution is 2.03. The van der Waals surface area contributed by atoms with Crippen LogP contribution in [0.2, 0.25) is 0 Å². The molecule has 0 bridgehead atoms. The van der Waals surface area contributed by atoms with Gasteiger partial charge < -0.3 is 5.73 Å². The summed E-state index contributed by atoms with van der Waals surface area (Å²) < 4.78 is 0. The summed E-state index contributed by atoms with van der Waals surface area (Å²) in [6.07, 6.45) is 1.12. The van der Waals surface area contributed by atoms with Gasteiger partial charge in [-0.1, -0.05) is 13.8 Å². The third-order valence-electron chi connectivity index (χ3n) is 1.76. The van der Waals surface area contributed by atoms with E-state index in [4.69, 9.17) is 5.73 Å². The number of carbonyl (C=O) groups excluding carboxylic acids is 1. The molecule has 68 valence electrons. The van der Waals surface area contributed by atoms with Gasteiger partial charge in [0.2, 0.25) is 0 Å². The van der Waals surface area contributed by atoms with Gasteiger partial charge in [0.15, 0.2) is 5.78 Å². The highest BCUT2D eigenvalue weighted by molar-refractivity contribution is 5.84. The van der Waals surface area contributed by atoms with Crippen molar-refractivity contribution in [1.82, 2.24) is 0 Å². The van der Waals surface area contributed by atoms with Gasteiger partial charge in [0, 0.05) is 12.8 Å². The van der Waals surface area contributed by atoms with E-state index in [0.717, 1.165) is 0 Å². The number of hydrogen-bond acceptors (Lipinski definition) is 2. The van der Waals surface area contributed by atoms with E-state index < -0.39 is 0 Å². The molecule has 2 heteroatoms. The molecule has 0 saturated heterocycles. The largest absolute Gasteiger partial charge is 0.321 e. The molecule has 2 N–H and O–H groups in total. The Morgan fingerprint density at radius 2 is 2.08 bits per heavy atom. The second kappa shape index (κ2) is 5.79. The van der Waals surface area contributed by atoms with Gasteiger partial charge in [0.25, 0.3) is 0 Å². The quantitative estimate of drug-likeness (QED) is 0.642. The second-order valence-corrected chi connectivity index (χ2v) is 3.16. The van der Waals surface area contributed by atoms with Crippen LogP contribution in [-0.4, -0.2) is 11.8 Å². The lowest BCUT2D eigenvalue weighted by Gasteiger charge is -2.12. The molecule has 0 amide bonds. The maximum atomic E-state index is 11.3. The van der Waals surface area contributed by atoms with E-state index in [-0.39, 0.29) is 17.7 Å². The number of Topliss-reactive ketones (excluding diaryl/α,β-unsaturated/α-hetero) is 1. The molecule has 1 atom stereocenters. The zero-order chi connectivity index (χ0) is 9.56. The van der Waals surface area contributed by atoms with E-state index >= 15 is 0 Å². The van der Waals surface area contributed by atoms with Crippen molar-refractivity contribution in [2.24, 2.45) is 11.7 Å². The van der Waals surface area contributed by atoms with Crippen LogP contribution in [0.3, 0.4) is 0 Å². The van der Waals surface area contributed by atoms with Crippen molar-refractivity contribution in [3.63, 3.8) is 0 Å². The Bertz CT molecular complexity index is 198. The van der Waals surface area contributed by atoms with Gasteiger partial charge >= 0.3 is 0 Å². The molecule has 0 radical (unpaired) electrons. The summed E-state index contributed by atoms with van der Waals surface area (Å²) in [4.78, 5) is 11.3. The molecule has 0 heterocycles. The number of hydrogen-bond donors (Lipinski definition) is 1. The minimum Gasteiger partial charge on any atom is -0.321 e. The standard InChI is InChI=1S/C10H17NO/c1-4-5-6-7-9(12)10(11)8(2)3/h8,10H,6-7,11H2,1-3H3. The van der Waals surface area contributed by atoms with Gasteiger partial charge in [0.05, 0.1) is 6.04 Å². The van der Waals surface area contributed by atoms with Crippen LogP contribution < -0.4 is 5.73 Å². The Kier molecular flexibility index (Phi) is 5.40. The first-order chi connectivity index (χ1) is 5.59. The predicted octanol–water partition coefficient (Wildman–Crippen LogP) is 1.34. The molecule has 0 saturated carbocycles. The lowest BCUT2D eigenvalue weighted by molar-refractivity contribution is -0.121. The van der Waals surface area contributed by atoms with E-state index in [9.17, 15) is 4.79 Å². The lowest BCUT2D eigenvalue weighted by Crippen LogP contribution is -2.35. The van der Waals surface area contributed by atoms with E-state index in [0.29, 0.717) is 12.8 Å². The third-order valence-corrected chi connectivity index (χ3v) is 1.76. The first kappa shape index (κ1) is 11.2. The van der Waals surface area contributed by atoms with Crippen LogP contribution >= 0.6 is 0 Å². The third kappa shape index (κ3) is 4.15. The summed E-state index contributed by atoms with van der Waals surface area (Å²) in [6, 6.07) is -0.316. The molecule has 0 spiro atoms. The molecular formula is C10H17NO. The number of carbonyl (C=O) groups is 1. The van der Waals surface area contributed by atoms with Crippen LogP contribution in [0.25, 0.3) is 0 Å². The molecule has 0 rings (SSSR count). The summed E-state index contributed by atoms with van der Waals surface area (Å²) in [5, 5.41) is 0. The van der Waals surface area contributed by atoms with Gasteiger partial charge in [-0.2, -0.15) is 0 Å². The normalized spacial score (nSPS) is 12.1. The summed E-state index contributed by atoms with van der Waals surface area (Å²) >= 11 is 0. The van der Waals surface area contributed by atoms with Crippen molar-refractivity contribution in [3.05, 3.63) is 0 Å². The molecule has 0 aliphatic rings. The Hall–Kier alpha value is -0.810. The monoisotopic (exact) mass is 167 g/mol. The van der Waals surface area contributed by atoms with Crippen molar-refractivity contribution < 1.29 is 4.79 Å². The SMILES string of the molecule is CC#CCCC(=O)C(N)C(C)C. The molecule has 2 nitrogen and oxygen atoms in total. The number of rotatable bonds is 4. The summed E-state index contributed by atoms with van der Waals surface area (Å²) in [7, 11) is 0. The van der Waals surface area contributed by atoms with Gasteiger partial charge in [-0.15, -0.1) is 11.8 Å². The maximum Gasteiger partial charge on any atom is 0.150 e. The fraction of sp³-hybridized carbons (Fsp3) is 0.700. The summed E-state index contributed by atoms with van der Waals surface area (Å²) in [5.41, 5.74) is 5.64. The molecule has 0 fully saturated rings. The topological polar surface area (TPSA) is 43.1 Å². The summed E-state index contributed by atoms with van der Waals surface area (Å²) in [6.45, 7) is 5.68. The number of ketones is 1. The fourth-order valence-corrected chi connectivity index (χ4v) is 0.849. The zero-order valence-electron chi connectivity index (χ0n) is 8.05. The van der Waals surface area contributed by atoms with Crippen LogP contribution in [0, 0.1) is 17.8 Å². The minimum absolute atomic E-state index is 0.118. The van der Waals surface area contributed by atoms with Crippen LogP contribution in [0.4, 0.5) is 0 Å². The first-order valence-electron chi connectivity index (χ1n) is 4.27. The fourth-order valence-electron chi connectivity index (χ4n) is 0.849. The minimum atomic E-state index is -0.316. The molecule has 12 heavy (non-hydrogen) atoms. The highest BCUT2D eigenvalue weighted by Gasteiger charge is 2.15. The van der Waals surface area contributed by atoms with E-state index in [1.54, 1.807) is 6.92 Å². The summed E-state index contributed by atoms with van der Waals surface area (Å²) in [5.74, 6) is 5.94. The molecule has 0 aliphatic heterocycles. The first-order valence-corrected chi connectivity index (χ1v) is 4.27. The molecule has 0 aromatic carbocycles. The van der Waals surface area contributed by atoms with Crippen molar-refractivity contribution in [3.8, 4) is 11.8 Å². The van der Waals surface area contributed by atoms with Crippen molar-refractivity contribution >= 4 is 5.78 Å². The average Bonchev–Trinajstić information content (AvgIpc) is 2.03. The Morgan fingerprint density at radius 3 is 2.50 bits per heavy atom. The van der Waals surface area contributed by atoms with Crippen LogP contribution in [-0.2, 0) is 4.79 Å². The van der Waals surface area contributed by atoms with E-state index in [1.807, 2.05) is 13.8 Å². The average molecular weight is 167 g/mol. The molecule has 1 unspecified atom stereocenters. The van der Waals surface area contributed by atoms with Gasteiger partial charge in [-0.05, 0) is 12.8 Å². The van der Waals surface area contributed by atoms with E-state index in [1.165, 1.54) is 0 Å². The molecule has 0 aromatic rings. The van der Waals surface area contributed by atoms with Crippen molar-refractivity contribution in [2.45, 2.75) is 39.7 Å².